The van der Waals surface area contributed by atoms with Crippen LogP contribution in [0.25, 0.3) is 12.2 Å². The Hall–Kier alpha value is -2.06. The highest BCUT2D eigenvalue weighted by Crippen LogP contribution is 2.17. The van der Waals surface area contributed by atoms with Crippen LogP contribution in [0.3, 0.4) is 0 Å². The maximum atomic E-state index is 5.89. The van der Waals surface area contributed by atoms with Gasteiger partial charge in [-0.3, -0.25) is 0 Å². The summed E-state index contributed by atoms with van der Waals surface area (Å²) in [5, 5.41) is 0. The molecule has 2 aromatic rings. The number of benzene rings is 2. The van der Waals surface area contributed by atoms with Gasteiger partial charge in [0.25, 0.3) is 0 Å². The lowest BCUT2D eigenvalue weighted by molar-refractivity contribution is 0.185. The average molecular weight is 350 g/mol. The minimum atomic E-state index is 0.809. The molecule has 138 valence electrons. The summed E-state index contributed by atoms with van der Waals surface area (Å²) in [7, 11) is 0. The number of ether oxygens (including phenoxy) is 1. The number of rotatable bonds is 8. The van der Waals surface area contributed by atoms with E-state index in [9.17, 15) is 0 Å². The van der Waals surface area contributed by atoms with Gasteiger partial charge in [-0.05, 0) is 74.5 Å². The first-order valence-electron chi connectivity index (χ1n) is 9.98. The molecule has 0 N–H and O–H groups in total. The summed E-state index contributed by atoms with van der Waals surface area (Å²) in [5.74, 6) is 1.88. The Labute approximate surface area is 158 Å². The Morgan fingerprint density at radius 2 is 1.54 bits per heavy atom. The third-order valence-corrected chi connectivity index (χ3v) is 5.16. The van der Waals surface area contributed by atoms with Gasteiger partial charge in [-0.25, -0.2) is 0 Å². The molecule has 0 bridgehead atoms. The second-order valence-electron chi connectivity index (χ2n) is 7.39. The molecule has 0 aromatic heterocycles. The van der Waals surface area contributed by atoms with Crippen LogP contribution in [-0.4, -0.2) is 31.1 Å². The van der Waals surface area contributed by atoms with Crippen molar-refractivity contribution in [1.29, 1.82) is 0 Å². The van der Waals surface area contributed by atoms with E-state index in [1.165, 1.54) is 50.0 Å². The van der Waals surface area contributed by atoms with Crippen LogP contribution < -0.4 is 4.74 Å². The van der Waals surface area contributed by atoms with Crippen LogP contribution in [0.4, 0.5) is 0 Å². The van der Waals surface area contributed by atoms with Crippen molar-refractivity contribution in [3.05, 3.63) is 65.7 Å². The van der Waals surface area contributed by atoms with Crippen molar-refractivity contribution in [2.75, 3.05) is 26.2 Å². The molecule has 0 unspecified atom stereocenters. The van der Waals surface area contributed by atoms with Gasteiger partial charge >= 0.3 is 0 Å². The van der Waals surface area contributed by atoms with Crippen LogP contribution in [0.15, 0.2) is 54.6 Å². The summed E-state index contributed by atoms with van der Waals surface area (Å²) in [6, 6.07) is 18.7. The zero-order valence-electron chi connectivity index (χ0n) is 15.9. The lowest BCUT2D eigenvalue weighted by atomic mass is 9.99. The number of piperidine rings is 1. The van der Waals surface area contributed by atoms with E-state index in [0.717, 1.165) is 24.7 Å². The molecule has 3 rings (SSSR count). The normalized spacial score (nSPS) is 16.2. The molecule has 0 aliphatic carbocycles. The summed E-state index contributed by atoms with van der Waals surface area (Å²) in [5.41, 5.74) is 2.41. The lowest BCUT2D eigenvalue weighted by Crippen LogP contribution is -2.33. The Bertz CT molecular complexity index is 654. The molecule has 1 aliphatic heterocycles. The fourth-order valence-corrected chi connectivity index (χ4v) is 3.34. The van der Waals surface area contributed by atoms with E-state index in [4.69, 9.17) is 4.74 Å². The first-order valence-corrected chi connectivity index (χ1v) is 9.98. The third kappa shape index (κ3) is 6.34. The minimum absolute atomic E-state index is 0.809. The van der Waals surface area contributed by atoms with Crippen molar-refractivity contribution in [1.82, 2.24) is 4.90 Å². The SMILES string of the molecule is CC1CCN(CCCCOc2ccc(/C=C/c3ccccc3)cc2)CC1. The van der Waals surface area contributed by atoms with Gasteiger partial charge < -0.3 is 9.64 Å². The van der Waals surface area contributed by atoms with Gasteiger partial charge in [0.1, 0.15) is 5.75 Å². The fourth-order valence-electron chi connectivity index (χ4n) is 3.34. The summed E-state index contributed by atoms with van der Waals surface area (Å²) in [6.45, 7) is 6.95. The number of hydrogen-bond donors (Lipinski definition) is 0. The molecule has 1 heterocycles. The van der Waals surface area contributed by atoms with Gasteiger partial charge in [0.05, 0.1) is 6.61 Å². The average Bonchev–Trinajstić information content (AvgIpc) is 2.69. The highest BCUT2D eigenvalue weighted by atomic mass is 16.5. The van der Waals surface area contributed by atoms with E-state index in [-0.39, 0.29) is 0 Å². The van der Waals surface area contributed by atoms with Gasteiger partial charge in [-0.2, -0.15) is 0 Å². The molecule has 1 aliphatic rings. The second-order valence-corrected chi connectivity index (χ2v) is 7.39. The first-order chi connectivity index (χ1) is 12.8. The second kappa shape index (κ2) is 10.2. The first kappa shape index (κ1) is 18.7. The van der Waals surface area contributed by atoms with Gasteiger partial charge in [-0.1, -0.05) is 61.5 Å². The maximum absolute atomic E-state index is 5.89. The van der Waals surface area contributed by atoms with Crippen LogP contribution in [0.1, 0.15) is 43.7 Å². The molecular weight excluding hydrogens is 318 g/mol. The number of unbranched alkanes of at least 4 members (excludes halogenated alkanes) is 1. The van der Waals surface area contributed by atoms with Crippen molar-refractivity contribution in [2.24, 2.45) is 5.92 Å². The molecule has 1 saturated heterocycles. The Morgan fingerprint density at radius 1 is 0.885 bits per heavy atom. The van der Waals surface area contributed by atoms with Crippen LogP contribution in [0.5, 0.6) is 5.75 Å². The van der Waals surface area contributed by atoms with E-state index >= 15 is 0 Å². The largest absolute Gasteiger partial charge is 0.494 e. The predicted molar refractivity (Wildman–Crippen MR) is 111 cm³/mol. The molecule has 0 spiro atoms. The van der Waals surface area contributed by atoms with Gasteiger partial charge in [0.2, 0.25) is 0 Å². The van der Waals surface area contributed by atoms with Crippen LogP contribution in [-0.2, 0) is 0 Å². The molecule has 0 saturated carbocycles. The van der Waals surface area contributed by atoms with Crippen molar-refractivity contribution >= 4 is 12.2 Å². The quantitative estimate of drug-likeness (QED) is 0.444. The van der Waals surface area contributed by atoms with Crippen LogP contribution in [0, 0.1) is 5.92 Å². The van der Waals surface area contributed by atoms with Crippen molar-refractivity contribution in [3.63, 3.8) is 0 Å². The van der Waals surface area contributed by atoms with Crippen molar-refractivity contribution in [2.45, 2.75) is 32.6 Å². The van der Waals surface area contributed by atoms with E-state index in [1.54, 1.807) is 0 Å². The Morgan fingerprint density at radius 3 is 2.23 bits per heavy atom. The number of likely N-dealkylation sites (tertiary alicyclic amines) is 1. The molecular formula is C24H31NO. The van der Waals surface area contributed by atoms with Crippen LogP contribution in [0.2, 0.25) is 0 Å². The summed E-state index contributed by atoms with van der Waals surface area (Å²) >= 11 is 0. The van der Waals surface area contributed by atoms with E-state index < -0.39 is 0 Å². The highest BCUT2D eigenvalue weighted by Gasteiger charge is 2.14. The zero-order chi connectivity index (χ0) is 18.0. The molecule has 0 amide bonds. The predicted octanol–water partition coefficient (Wildman–Crippen LogP) is 5.75. The standard InChI is InChI=1S/C24H31NO/c1-21-15-18-25(19-16-21)17-5-6-20-26-24-13-11-23(12-14-24)10-9-22-7-3-2-4-8-22/h2-4,7-14,21H,5-6,15-20H2,1H3/b10-9+. The topological polar surface area (TPSA) is 12.5 Å². The van der Waals surface area contributed by atoms with Gasteiger partial charge in [0, 0.05) is 0 Å². The van der Waals surface area contributed by atoms with E-state index in [2.05, 4.69) is 72.5 Å². The van der Waals surface area contributed by atoms with Gasteiger partial charge in [-0.15, -0.1) is 0 Å². The van der Waals surface area contributed by atoms with Crippen molar-refractivity contribution in [3.8, 4) is 5.75 Å². The van der Waals surface area contributed by atoms with E-state index in [0.29, 0.717) is 0 Å². The molecule has 2 heteroatoms. The summed E-state index contributed by atoms with van der Waals surface area (Å²) < 4.78 is 5.89. The smallest absolute Gasteiger partial charge is 0.119 e. The number of nitrogens with zero attached hydrogens (tertiary/aromatic N) is 1. The van der Waals surface area contributed by atoms with Gasteiger partial charge in [0.15, 0.2) is 0 Å². The molecule has 2 nitrogen and oxygen atoms in total. The number of hydrogen-bond acceptors (Lipinski definition) is 2. The zero-order valence-corrected chi connectivity index (χ0v) is 15.9. The van der Waals surface area contributed by atoms with E-state index in [1.807, 2.05) is 6.07 Å². The molecule has 0 atom stereocenters. The Kier molecular flexibility index (Phi) is 7.33. The fraction of sp³-hybridized carbons (Fsp3) is 0.417. The lowest BCUT2D eigenvalue weighted by Gasteiger charge is -2.30. The summed E-state index contributed by atoms with van der Waals surface area (Å²) in [4.78, 5) is 2.61. The monoisotopic (exact) mass is 349 g/mol. The molecule has 1 fully saturated rings. The molecule has 26 heavy (non-hydrogen) atoms. The van der Waals surface area contributed by atoms with Crippen molar-refractivity contribution < 1.29 is 4.74 Å². The Balaban J connectivity index is 1.33. The molecule has 0 radical (unpaired) electrons. The highest BCUT2D eigenvalue weighted by molar-refractivity contribution is 5.69. The maximum Gasteiger partial charge on any atom is 0.119 e. The minimum Gasteiger partial charge on any atom is -0.494 e. The third-order valence-electron chi connectivity index (χ3n) is 5.16. The van der Waals surface area contributed by atoms with Crippen LogP contribution >= 0.6 is 0 Å². The molecule has 2 aromatic carbocycles. The summed E-state index contributed by atoms with van der Waals surface area (Å²) in [6.07, 6.45) is 9.35.